The number of anilines is 1. The van der Waals surface area contributed by atoms with Crippen LogP contribution in [0.4, 0.5) is 5.69 Å². The summed E-state index contributed by atoms with van der Waals surface area (Å²) in [5.41, 5.74) is 2.31. The Bertz CT molecular complexity index is 395. The lowest BCUT2D eigenvalue weighted by Crippen LogP contribution is -2.46. The van der Waals surface area contributed by atoms with Crippen molar-refractivity contribution in [1.29, 1.82) is 0 Å². The first-order chi connectivity index (χ1) is 8.22. The molecule has 0 bridgehead atoms. The summed E-state index contributed by atoms with van der Waals surface area (Å²) >= 11 is 3.56. The lowest BCUT2D eigenvalue weighted by molar-refractivity contribution is -0.111. The van der Waals surface area contributed by atoms with E-state index < -0.39 is 0 Å². The van der Waals surface area contributed by atoms with Gasteiger partial charge in [-0.25, -0.2) is 0 Å². The highest BCUT2D eigenvalue weighted by Crippen LogP contribution is 2.27. The quantitative estimate of drug-likeness (QED) is 0.634. The first-order valence-corrected chi connectivity index (χ1v) is 6.67. The van der Waals surface area contributed by atoms with Crippen molar-refractivity contribution in [1.82, 2.24) is 0 Å². The molecule has 1 fully saturated rings. The predicted octanol–water partition coefficient (Wildman–Crippen LogP) is 2.55. The average Bonchev–Trinajstić information content (AvgIpc) is 2.39. The number of morpholine rings is 1. The Morgan fingerprint density at radius 1 is 1.59 bits per heavy atom. The number of benzene rings is 1. The third-order valence-corrected chi connectivity index (χ3v) is 3.51. The zero-order chi connectivity index (χ0) is 12.3. The molecule has 0 saturated carbocycles. The van der Waals surface area contributed by atoms with Crippen LogP contribution < -0.4 is 4.90 Å². The first-order valence-electron chi connectivity index (χ1n) is 5.76. The van der Waals surface area contributed by atoms with Gasteiger partial charge < -0.3 is 14.4 Å². The van der Waals surface area contributed by atoms with E-state index in [1.807, 2.05) is 12.1 Å². The standard InChI is InChI=1S/C13H16BrNO2/c1-10(14)11-3-2-4-12(7-11)15-5-6-17-9-13(15)8-16/h2-4,7-8,10,13H,5-6,9H2,1H3. The predicted molar refractivity (Wildman–Crippen MR) is 71.8 cm³/mol. The maximum absolute atomic E-state index is 11.0. The minimum atomic E-state index is -0.162. The smallest absolute Gasteiger partial charge is 0.144 e. The average molecular weight is 298 g/mol. The van der Waals surface area contributed by atoms with E-state index in [0.29, 0.717) is 18.0 Å². The van der Waals surface area contributed by atoms with Crippen LogP contribution in [0.1, 0.15) is 17.3 Å². The molecule has 1 aliphatic heterocycles. The summed E-state index contributed by atoms with van der Waals surface area (Å²) in [6, 6.07) is 8.12. The lowest BCUT2D eigenvalue weighted by atomic mass is 10.1. The van der Waals surface area contributed by atoms with Crippen molar-refractivity contribution in [2.24, 2.45) is 0 Å². The maximum atomic E-state index is 11.0. The number of alkyl halides is 1. The van der Waals surface area contributed by atoms with E-state index in [1.165, 1.54) is 5.56 Å². The summed E-state index contributed by atoms with van der Waals surface area (Å²) in [5.74, 6) is 0. The molecule has 3 nitrogen and oxygen atoms in total. The fourth-order valence-electron chi connectivity index (χ4n) is 2.01. The molecule has 4 heteroatoms. The van der Waals surface area contributed by atoms with Gasteiger partial charge in [0, 0.05) is 17.1 Å². The van der Waals surface area contributed by atoms with E-state index in [1.54, 1.807) is 0 Å². The van der Waals surface area contributed by atoms with Crippen molar-refractivity contribution < 1.29 is 9.53 Å². The van der Waals surface area contributed by atoms with E-state index in [-0.39, 0.29) is 6.04 Å². The van der Waals surface area contributed by atoms with Gasteiger partial charge in [-0.3, -0.25) is 0 Å². The number of halogens is 1. The van der Waals surface area contributed by atoms with Gasteiger partial charge in [-0.15, -0.1) is 0 Å². The Morgan fingerprint density at radius 2 is 2.41 bits per heavy atom. The van der Waals surface area contributed by atoms with Gasteiger partial charge in [-0.1, -0.05) is 28.1 Å². The van der Waals surface area contributed by atoms with Crippen LogP contribution in [0.15, 0.2) is 24.3 Å². The number of ether oxygens (including phenoxy) is 1. The van der Waals surface area contributed by atoms with Crippen LogP contribution in [0.5, 0.6) is 0 Å². The van der Waals surface area contributed by atoms with Gasteiger partial charge in [0.05, 0.1) is 13.2 Å². The van der Waals surface area contributed by atoms with Gasteiger partial charge in [0.2, 0.25) is 0 Å². The molecular weight excluding hydrogens is 282 g/mol. The van der Waals surface area contributed by atoms with Crippen molar-refractivity contribution in [2.45, 2.75) is 17.8 Å². The number of aldehydes is 1. The minimum absolute atomic E-state index is 0.162. The van der Waals surface area contributed by atoms with E-state index >= 15 is 0 Å². The number of carbonyl (C=O) groups is 1. The van der Waals surface area contributed by atoms with Gasteiger partial charge in [0.25, 0.3) is 0 Å². The largest absolute Gasteiger partial charge is 0.377 e. The third-order valence-electron chi connectivity index (χ3n) is 2.98. The number of nitrogens with zero attached hydrogens (tertiary/aromatic N) is 1. The molecule has 2 unspecified atom stereocenters. The van der Waals surface area contributed by atoms with Gasteiger partial charge >= 0.3 is 0 Å². The van der Waals surface area contributed by atoms with E-state index in [0.717, 1.165) is 18.5 Å². The summed E-state index contributed by atoms with van der Waals surface area (Å²) < 4.78 is 5.32. The highest BCUT2D eigenvalue weighted by Gasteiger charge is 2.22. The minimum Gasteiger partial charge on any atom is -0.377 e. The second-order valence-corrected chi connectivity index (χ2v) is 5.56. The van der Waals surface area contributed by atoms with Crippen molar-refractivity contribution in [2.75, 3.05) is 24.7 Å². The summed E-state index contributed by atoms with van der Waals surface area (Å²) in [7, 11) is 0. The Morgan fingerprint density at radius 3 is 3.12 bits per heavy atom. The molecule has 1 saturated heterocycles. The monoisotopic (exact) mass is 297 g/mol. The molecule has 0 aromatic heterocycles. The molecule has 0 N–H and O–H groups in total. The van der Waals surface area contributed by atoms with E-state index in [9.17, 15) is 4.79 Å². The van der Waals surface area contributed by atoms with Gasteiger partial charge in [0.1, 0.15) is 12.3 Å². The van der Waals surface area contributed by atoms with Gasteiger partial charge in [-0.2, -0.15) is 0 Å². The fraction of sp³-hybridized carbons (Fsp3) is 0.462. The highest BCUT2D eigenvalue weighted by molar-refractivity contribution is 9.09. The topological polar surface area (TPSA) is 29.5 Å². The molecule has 0 spiro atoms. The van der Waals surface area contributed by atoms with Gasteiger partial charge in [0.15, 0.2) is 0 Å². The van der Waals surface area contributed by atoms with Crippen molar-refractivity contribution in [3.8, 4) is 0 Å². The number of rotatable bonds is 3. The number of carbonyl (C=O) groups excluding carboxylic acids is 1. The van der Waals surface area contributed by atoms with Crippen LogP contribution in [0.25, 0.3) is 0 Å². The van der Waals surface area contributed by atoms with Crippen LogP contribution in [0, 0.1) is 0 Å². The van der Waals surface area contributed by atoms with Crippen LogP contribution in [-0.4, -0.2) is 32.1 Å². The molecule has 0 radical (unpaired) electrons. The number of hydrogen-bond acceptors (Lipinski definition) is 3. The van der Waals surface area contributed by atoms with Crippen molar-refractivity contribution in [3.05, 3.63) is 29.8 Å². The molecule has 0 aliphatic carbocycles. The van der Waals surface area contributed by atoms with Gasteiger partial charge in [-0.05, 0) is 24.6 Å². The van der Waals surface area contributed by atoms with Crippen molar-refractivity contribution >= 4 is 27.9 Å². The van der Waals surface area contributed by atoms with Crippen LogP contribution >= 0.6 is 15.9 Å². The normalized spacial score (nSPS) is 22.2. The van der Waals surface area contributed by atoms with Crippen LogP contribution in [0.2, 0.25) is 0 Å². The second-order valence-electron chi connectivity index (χ2n) is 4.18. The molecule has 1 aliphatic rings. The Hall–Kier alpha value is -0.870. The maximum Gasteiger partial charge on any atom is 0.144 e. The summed E-state index contributed by atoms with van der Waals surface area (Å²) in [4.78, 5) is 13.5. The Balaban J connectivity index is 2.25. The number of hydrogen-bond donors (Lipinski definition) is 0. The SMILES string of the molecule is CC(Br)c1cccc(N2CCOCC2C=O)c1. The molecule has 1 aromatic rings. The third kappa shape index (κ3) is 2.87. The molecule has 2 atom stereocenters. The zero-order valence-corrected chi connectivity index (χ0v) is 11.4. The van der Waals surface area contributed by atoms with E-state index in [2.05, 4.69) is 39.9 Å². The molecule has 2 rings (SSSR count). The first kappa shape index (κ1) is 12.6. The van der Waals surface area contributed by atoms with E-state index in [4.69, 9.17) is 4.74 Å². The molecule has 1 heterocycles. The Labute approximate surface area is 110 Å². The van der Waals surface area contributed by atoms with Crippen LogP contribution in [0.3, 0.4) is 0 Å². The second kappa shape index (κ2) is 5.65. The molecule has 0 amide bonds. The molecule has 17 heavy (non-hydrogen) atoms. The molecular formula is C13H16BrNO2. The summed E-state index contributed by atoms with van der Waals surface area (Å²) in [5, 5.41) is 0. The Kier molecular flexibility index (Phi) is 4.18. The van der Waals surface area contributed by atoms with Crippen LogP contribution in [-0.2, 0) is 9.53 Å². The zero-order valence-electron chi connectivity index (χ0n) is 9.80. The summed E-state index contributed by atoms with van der Waals surface area (Å²) in [6.07, 6.45) is 0.962. The molecule has 92 valence electrons. The molecule has 1 aromatic carbocycles. The lowest BCUT2D eigenvalue weighted by Gasteiger charge is -2.34. The summed E-state index contributed by atoms with van der Waals surface area (Å²) in [6.45, 7) is 4.02. The van der Waals surface area contributed by atoms with Crippen molar-refractivity contribution in [3.63, 3.8) is 0 Å². The fourth-order valence-corrected chi connectivity index (χ4v) is 2.29. The highest BCUT2D eigenvalue weighted by atomic mass is 79.9.